The maximum Gasteiger partial charge on any atom is 0.261 e. The van der Waals surface area contributed by atoms with E-state index in [0.29, 0.717) is 11.4 Å². The zero-order valence-corrected chi connectivity index (χ0v) is 11.2. The molecule has 0 saturated carbocycles. The molecular weight excluding hydrogens is 260 g/mol. The molecule has 1 heterocycles. The van der Waals surface area contributed by atoms with Crippen molar-refractivity contribution in [3.8, 4) is 0 Å². The Morgan fingerprint density at radius 3 is 2.65 bits per heavy atom. The van der Waals surface area contributed by atoms with Crippen LogP contribution in [0.5, 0.6) is 0 Å². The van der Waals surface area contributed by atoms with Crippen molar-refractivity contribution in [2.45, 2.75) is 30.4 Å². The molecule has 0 bridgehead atoms. The fraction of sp³-hybridized carbons (Fsp3) is 0.500. The quantitative estimate of drug-likeness (QED) is 0.768. The molecule has 0 spiro atoms. The van der Waals surface area contributed by atoms with Crippen molar-refractivity contribution in [1.82, 2.24) is 5.32 Å². The van der Waals surface area contributed by atoms with Crippen LogP contribution in [0.4, 0.5) is 0 Å². The molecule has 0 unspecified atom stereocenters. The minimum absolute atomic E-state index is 0.0104. The van der Waals surface area contributed by atoms with Crippen LogP contribution in [0.2, 0.25) is 0 Å². The van der Waals surface area contributed by atoms with Gasteiger partial charge in [-0.25, -0.2) is 13.6 Å². The number of sulfonamides is 1. The molecule has 1 aromatic heterocycles. The second-order valence-corrected chi connectivity index (χ2v) is 6.50. The molecule has 0 aliphatic rings. The van der Waals surface area contributed by atoms with Gasteiger partial charge in [0.1, 0.15) is 4.21 Å². The Morgan fingerprint density at radius 1 is 1.41 bits per heavy atom. The van der Waals surface area contributed by atoms with Crippen molar-refractivity contribution in [3.05, 3.63) is 17.0 Å². The molecule has 0 aliphatic heterocycles. The van der Waals surface area contributed by atoms with Gasteiger partial charge in [0.05, 0.1) is 4.88 Å². The van der Waals surface area contributed by atoms with E-state index in [9.17, 15) is 13.2 Å². The lowest BCUT2D eigenvalue weighted by Crippen LogP contribution is -2.23. The molecule has 3 N–H and O–H groups in total. The van der Waals surface area contributed by atoms with Gasteiger partial charge in [0, 0.05) is 6.54 Å². The third-order valence-electron chi connectivity index (χ3n) is 2.15. The Bertz CT molecular complexity index is 479. The number of primary sulfonamides is 1. The number of hydrogen-bond acceptors (Lipinski definition) is 4. The van der Waals surface area contributed by atoms with Crippen molar-refractivity contribution in [2.75, 3.05) is 6.54 Å². The normalized spacial score (nSPS) is 11.4. The Kier molecular flexibility index (Phi) is 5.10. The highest BCUT2D eigenvalue weighted by Crippen LogP contribution is 2.19. The third kappa shape index (κ3) is 4.45. The van der Waals surface area contributed by atoms with Gasteiger partial charge in [0.25, 0.3) is 5.91 Å². The summed E-state index contributed by atoms with van der Waals surface area (Å²) >= 11 is 0.887. The highest BCUT2D eigenvalue weighted by Gasteiger charge is 2.14. The number of nitrogens with one attached hydrogen (secondary N) is 1. The van der Waals surface area contributed by atoms with Crippen molar-refractivity contribution in [2.24, 2.45) is 5.14 Å². The van der Waals surface area contributed by atoms with Gasteiger partial charge in [0.15, 0.2) is 0 Å². The molecule has 0 atom stereocenters. The van der Waals surface area contributed by atoms with Gasteiger partial charge in [-0.2, -0.15) is 0 Å². The standard InChI is InChI=1S/C10H16N2O3S2/c1-2-3-4-7-12-10(13)8-5-6-9(16-8)17(11,14)15/h5-6H,2-4,7H2,1H3,(H,12,13)(H2,11,14,15). The van der Waals surface area contributed by atoms with Gasteiger partial charge in [-0.3, -0.25) is 4.79 Å². The van der Waals surface area contributed by atoms with Gasteiger partial charge in [-0.1, -0.05) is 19.8 Å². The Morgan fingerprint density at radius 2 is 2.12 bits per heavy atom. The molecule has 1 amide bonds. The minimum Gasteiger partial charge on any atom is -0.351 e. The zero-order valence-electron chi connectivity index (χ0n) is 9.60. The maximum absolute atomic E-state index is 11.6. The van der Waals surface area contributed by atoms with Crippen molar-refractivity contribution >= 4 is 27.3 Å². The Hall–Kier alpha value is -0.920. The van der Waals surface area contributed by atoms with Crippen LogP contribution in [0.1, 0.15) is 35.9 Å². The van der Waals surface area contributed by atoms with Crippen LogP contribution >= 0.6 is 11.3 Å². The lowest BCUT2D eigenvalue weighted by atomic mass is 10.2. The summed E-state index contributed by atoms with van der Waals surface area (Å²) < 4.78 is 22.1. The van der Waals surface area contributed by atoms with Crippen LogP contribution in [-0.4, -0.2) is 20.9 Å². The second kappa shape index (κ2) is 6.13. The molecule has 1 aromatic rings. The fourth-order valence-corrected chi connectivity index (χ4v) is 2.90. The number of nitrogens with two attached hydrogens (primary N) is 1. The first-order valence-electron chi connectivity index (χ1n) is 5.36. The number of amides is 1. The molecule has 0 fully saturated rings. The summed E-state index contributed by atoms with van der Waals surface area (Å²) in [6.07, 6.45) is 3.08. The number of unbranched alkanes of at least 4 members (excludes halogenated alkanes) is 2. The monoisotopic (exact) mass is 276 g/mol. The van der Waals surface area contributed by atoms with Gasteiger partial charge >= 0.3 is 0 Å². The molecular formula is C10H16N2O3S2. The van der Waals surface area contributed by atoms with Crippen LogP contribution in [0, 0.1) is 0 Å². The van der Waals surface area contributed by atoms with E-state index < -0.39 is 10.0 Å². The van der Waals surface area contributed by atoms with Crippen LogP contribution < -0.4 is 10.5 Å². The third-order valence-corrected chi connectivity index (χ3v) is 4.67. The summed E-state index contributed by atoms with van der Waals surface area (Å²) in [6.45, 7) is 2.69. The topological polar surface area (TPSA) is 89.3 Å². The molecule has 1 rings (SSSR count). The highest BCUT2D eigenvalue weighted by molar-refractivity contribution is 7.91. The largest absolute Gasteiger partial charge is 0.351 e. The van der Waals surface area contributed by atoms with Gasteiger partial charge in [0.2, 0.25) is 10.0 Å². The minimum atomic E-state index is -3.71. The molecule has 7 heteroatoms. The highest BCUT2D eigenvalue weighted by atomic mass is 32.2. The second-order valence-electron chi connectivity index (χ2n) is 3.63. The summed E-state index contributed by atoms with van der Waals surface area (Å²) in [5, 5.41) is 7.70. The molecule has 0 saturated heterocycles. The number of hydrogen-bond donors (Lipinski definition) is 2. The first-order chi connectivity index (χ1) is 7.95. The zero-order chi connectivity index (χ0) is 12.9. The van der Waals surface area contributed by atoms with E-state index in [0.717, 1.165) is 30.6 Å². The molecule has 0 aromatic carbocycles. The van der Waals surface area contributed by atoms with E-state index in [-0.39, 0.29) is 10.1 Å². The van der Waals surface area contributed by atoms with Gasteiger partial charge in [-0.15, -0.1) is 11.3 Å². The van der Waals surface area contributed by atoms with Gasteiger partial charge < -0.3 is 5.32 Å². The average Bonchev–Trinajstić information content (AvgIpc) is 2.72. The summed E-state index contributed by atoms with van der Waals surface area (Å²) in [6, 6.07) is 2.82. The molecule has 5 nitrogen and oxygen atoms in total. The summed E-state index contributed by atoms with van der Waals surface area (Å²) in [5.74, 6) is -0.249. The first-order valence-corrected chi connectivity index (χ1v) is 7.72. The lowest BCUT2D eigenvalue weighted by molar-refractivity contribution is 0.0957. The first kappa shape index (κ1) is 14.1. The van der Waals surface area contributed by atoms with E-state index in [1.165, 1.54) is 12.1 Å². The molecule has 0 radical (unpaired) electrons. The summed E-state index contributed by atoms with van der Waals surface area (Å²) in [5.41, 5.74) is 0. The van der Waals surface area contributed by atoms with E-state index >= 15 is 0 Å². The predicted octanol–water partition coefficient (Wildman–Crippen LogP) is 1.32. The van der Waals surface area contributed by atoms with Crippen molar-refractivity contribution in [3.63, 3.8) is 0 Å². The van der Waals surface area contributed by atoms with E-state index in [1.54, 1.807) is 0 Å². The summed E-state index contributed by atoms with van der Waals surface area (Å²) in [7, 11) is -3.71. The number of carbonyl (C=O) groups is 1. The maximum atomic E-state index is 11.6. The summed E-state index contributed by atoms with van der Waals surface area (Å²) in [4.78, 5) is 12.0. The van der Waals surface area contributed by atoms with Crippen LogP contribution in [-0.2, 0) is 10.0 Å². The van der Waals surface area contributed by atoms with E-state index in [2.05, 4.69) is 12.2 Å². The Balaban J connectivity index is 2.56. The van der Waals surface area contributed by atoms with Crippen molar-refractivity contribution in [1.29, 1.82) is 0 Å². The lowest BCUT2D eigenvalue weighted by Gasteiger charge is -2.01. The smallest absolute Gasteiger partial charge is 0.261 e. The SMILES string of the molecule is CCCCCNC(=O)c1ccc(S(N)(=O)=O)s1. The van der Waals surface area contributed by atoms with Crippen LogP contribution in [0.3, 0.4) is 0 Å². The number of thiophene rings is 1. The van der Waals surface area contributed by atoms with E-state index in [1.807, 2.05) is 0 Å². The van der Waals surface area contributed by atoms with Crippen LogP contribution in [0.25, 0.3) is 0 Å². The van der Waals surface area contributed by atoms with E-state index in [4.69, 9.17) is 5.14 Å². The van der Waals surface area contributed by atoms with Crippen LogP contribution in [0.15, 0.2) is 16.3 Å². The van der Waals surface area contributed by atoms with Crippen molar-refractivity contribution < 1.29 is 13.2 Å². The average molecular weight is 276 g/mol. The molecule has 0 aliphatic carbocycles. The fourth-order valence-electron chi connectivity index (χ4n) is 1.26. The Labute approximate surface area is 105 Å². The number of rotatable bonds is 6. The van der Waals surface area contributed by atoms with Gasteiger partial charge in [-0.05, 0) is 18.6 Å². The number of carbonyl (C=O) groups excluding carboxylic acids is 1. The molecule has 17 heavy (non-hydrogen) atoms. The molecule has 96 valence electrons. The predicted molar refractivity (Wildman–Crippen MR) is 67.6 cm³/mol.